The van der Waals surface area contributed by atoms with Crippen LogP contribution < -0.4 is 10.7 Å². The van der Waals surface area contributed by atoms with Crippen molar-refractivity contribution in [3.8, 4) is 11.1 Å². The number of anilines is 1. The Kier molecular flexibility index (Phi) is 5.92. The van der Waals surface area contributed by atoms with Crippen LogP contribution in [0.25, 0.3) is 22.0 Å². The van der Waals surface area contributed by atoms with Crippen LogP contribution in [-0.4, -0.2) is 9.55 Å². The van der Waals surface area contributed by atoms with E-state index in [2.05, 4.69) is 27.0 Å². The van der Waals surface area contributed by atoms with E-state index in [9.17, 15) is 4.79 Å². The highest BCUT2D eigenvalue weighted by molar-refractivity contribution is 6.30. The number of halogens is 1. The normalized spacial score (nSPS) is 10.9. The van der Waals surface area contributed by atoms with E-state index in [0.29, 0.717) is 34.9 Å². The molecule has 2 heterocycles. The van der Waals surface area contributed by atoms with Crippen molar-refractivity contribution in [3.05, 3.63) is 130 Å². The predicted molar refractivity (Wildman–Crippen MR) is 136 cm³/mol. The van der Waals surface area contributed by atoms with Crippen molar-refractivity contribution in [3.63, 3.8) is 0 Å². The van der Waals surface area contributed by atoms with Gasteiger partial charge in [0.05, 0.1) is 10.9 Å². The van der Waals surface area contributed by atoms with Gasteiger partial charge in [0.2, 0.25) is 5.43 Å². The van der Waals surface area contributed by atoms with Gasteiger partial charge in [0.15, 0.2) is 0 Å². The second kappa shape index (κ2) is 9.31. The molecule has 0 aliphatic rings. The summed E-state index contributed by atoms with van der Waals surface area (Å²) in [6, 6.07) is 29.6. The van der Waals surface area contributed by atoms with Crippen molar-refractivity contribution in [2.24, 2.45) is 0 Å². The Morgan fingerprint density at radius 1 is 0.818 bits per heavy atom. The average molecular weight is 452 g/mol. The van der Waals surface area contributed by atoms with Crippen LogP contribution in [-0.2, 0) is 13.1 Å². The second-order valence-corrected chi connectivity index (χ2v) is 8.32. The van der Waals surface area contributed by atoms with E-state index in [4.69, 9.17) is 11.6 Å². The van der Waals surface area contributed by atoms with Gasteiger partial charge in [-0.25, -0.2) is 4.98 Å². The van der Waals surface area contributed by atoms with E-state index in [0.717, 1.165) is 22.2 Å². The Balaban J connectivity index is 1.67. The molecule has 5 rings (SSSR count). The number of pyridine rings is 2. The molecule has 0 unspecified atom stereocenters. The minimum absolute atomic E-state index is 0.0553. The van der Waals surface area contributed by atoms with Gasteiger partial charge < -0.3 is 9.88 Å². The largest absolute Gasteiger partial charge is 0.365 e. The molecule has 2 aromatic heterocycles. The van der Waals surface area contributed by atoms with Crippen molar-refractivity contribution >= 4 is 28.3 Å². The molecule has 4 nitrogen and oxygen atoms in total. The third kappa shape index (κ3) is 4.52. The Morgan fingerprint density at radius 2 is 1.48 bits per heavy atom. The number of benzene rings is 3. The molecule has 162 valence electrons. The zero-order valence-corrected chi connectivity index (χ0v) is 18.7. The lowest BCUT2D eigenvalue weighted by molar-refractivity contribution is 0.826. The predicted octanol–water partition coefficient (Wildman–Crippen LogP) is 6.38. The molecule has 0 fully saturated rings. The quantitative estimate of drug-likeness (QED) is 0.326. The maximum atomic E-state index is 13.7. The van der Waals surface area contributed by atoms with E-state index in [1.165, 1.54) is 0 Å². The van der Waals surface area contributed by atoms with Gasteiger partial charge in [-0.15, -0.1) is 0 Å². The van der Waals surface area contributed by atoms with Crippen LogP contribution in [0.15, 0.2) is 108 Å². The Hall–Kier alpha value is -3.89. The number of fused-ring (bicyclic) bond motifs is 1. The first-order valence-corrected chi connectivity index (χ1v) is 11.2. The van der Waals surface area contributed by atoms with Gasteiger partial charge in [-0.1, -0.05) is 84.4 Å². The summed E-state index contributed by atoms with van der Waals surface area (Å²) in [7, 11) is 0. The lowest BCUT2D eigenvalue weighted by Gasteiger charge is -2.16. The van der Waals surface area contributed by atoms with Gasteiger partial charge in [-0.3, -0.25) is 4.79 Å². The standard InChI is InChI=1S/C28H22ClN3O/c29-23-13-11-22(12-14-23)24-19-32(18-21-9-5-2-6-10-21)25-15-16-30-28(26(25)27(24)33)31-17-20-7-3-1-4-8-20/h1-16,19H,17-18H2,(H,30,31). The molecule has 0 spiro atoms. The van der Waals surface area contributed by atoms with Crippen molar-refractivity contribution in [1.82, 2.24) is 9.55 Å². The Labute approximate surface area is 197 Å². The summed E-state index contributed by atoms with van der Waals surface area (Å²) < 4.78 is 2.12. The number of nitrogens with zero attached hydrogens (tertiary/aromatic N) is 2. The van der Waals surface area contributed by atoms with E-state index in [1.807, 2.05) is 72.9 Å². The van der Waals surface area contributed by atoms with Gasteiger partial charge in [0, 0.05) is 36.1 Å². The number of rotatable bonds is 6. The van der Waals surface area contributed by atoms with Gasteiger partial charge in [-0.05, 0) is 34.9 Å². The molecular formula is C28H22ClN3O. The molecule has 0 bridgehead atoms. The molecule has 1 N–H and O–H groups in total. The van der Waals surface area contributed by atoms with Gasteiger partial charge in [0.25, 0.3) is 0 Å². The number of hydrogen-bond donors (Lipinski definition) is 1. The van der Waals surface area contributed by atoms with Crippen LogP contribution in [0.1, 0.15) is 11.1 Å². The minimum atomic E-state index is -0.0553. The summed E-state index contributed by atoms with van der Waals surface area (Å²) in [6.07, 6.45) is 3.68. The molecule has 33 heavy (non-hydrogen) atoms. The third-order valence-electron chi connectivity index (χ3n) is 5.65. The lowest BCUT2D eigenvalue weighted by Crippen LogP contribution is -2.15. The number of nitrogens with one attached hydrogen (secondary N) is 1. The summed E-state index contributed by atoms with van der Waals surface area (Å²) in [5.41, 5.74) is 4.50. The number of aromatic nitrogens is 2. The highest BCUT2D eigenvalue weighted by atomic mass is 35.5. The maximum absolute atomic E-state index is 13.7. The van der Waals surface area contributed by atoms with E-state index >= 15 is 0 Å². The smallest absolute Gasteiger partial charge is 0.200 e. The summed E-state index contributed by atoms with van der Waals surface area (Å²) in [6.45, 7) is 1.22. The SMILES string of the molecule is O=c1c(-c2ccc(Cl)cc2)cn(Cc2ccccc2)c2ccnc(NCc3ccccc3)c12. The van der Waals surface area contributed by atoms with E-state index < -0.39 is 0 Å². The molecular weight excluding hydrogens is 430 g/mol. The monoisotopic (exact) mass is 451 g/mol. The summed E-state index contributed by atoms with van der Waals surface area (Å²) in [5.74, 6) is 0.582. The van der Waals surface area contributed by atoms with Crippen LogP contribution in [0.4, 0.5) is 5.82 Å². The van der Waals surface area contributed by atoms with Crippen molar-refractivity contribution in [2.45, 2.75) is 13.1 Å². The second-order valence-electron chi connectivity index (χ2n) is 7.89. The molecule has 0 aliphatic carbocycles. The van der Waals surface area contributed by atoms with Crippen LogP contribution in [0.3, 0.4) is 0 Å². The zero-order chi connectivity index (χ0) is 22.6. The fourth-order valence-electron chi connectivity index (χ4n) is 4.00. The molecule has 5 aromatic rings. The first-order valence-electron chi connectivity index (χ1n) is 10.8. The highest BCUT2D eigenvalue weighted by Gasteiger charge is 2.15. The van der Waals surface area contributed by atoms with Gasteiger partial charge in [0.1, 0.15) is 5.82 Å². The molecule has 3 aromatic carbocycles. The molecule has 0 aliphatic heterocycles. The van der Waals surface area contributed by atoms with Crippen molar-refractivity contribution in [2.75, 3.05) is 5.32 Å². The summed E-state index contributed by atoms with van der Waals surface area (Å²) >= 11 is 6.09. The molecule has 0 atom stereocenters. The van der Waals surface area contributed by atoms with Crippen LogP contribution >= 0.6 is 11.6 Å². The Bertz CT molecular complexity index is 1450. The summed E-state index contributed by atoms with van der Waals surface area (Å²) in [4.78, 5) is 18.3. The van der Waals surface area contributed by atoms with E-state index in [1.54, 1.807) is 18.3 Å². The fourth-order valence-corrected chi connectivity index (χ4v) is 4.12. The maximum Gasteiger partial charge on any atom is 0.200 e. The summed E-state index contributed by atoms with van der Waals surface area (Å²) in [5, 5.41) is 4.59. The van der Waals surface area contributed by atoms with Crippen LogP contribution in [0.5, 0.6) is 0 Å². The minimum Gasteiger partial charge on any atom is -0.365 e. The highest BCUT2D eigenvalue weighted by Crippen LogP contribution is 2.25. The molecule has 0 saturated carbocycles. The lowest BCUT2D eigenvalue weighted by atomic mass is 10.0. The molecule has 0 radical (unpaired) electrons. The van der Waals surface area contributed by atoms with E-state index in [-0.39, 0.29) is 5.43 Å². The van der Waals surface area contributed by atoms with Crippen molar-refractivity contribution in [1.29, 1.82) is 0 Å². The molecule has 0 amide bonds. The van der Waals surface area contributed by atoms with Crippen LogP contribution in [0.2, 0.25) is 5.02 Å². The first-order chi connectivity index (χ1) is 16.2. The Morgan fingerprint density at radius 3 is 2.18 bits per heavy atom. The molecule has 5 heteroatoms. The van der Waals surface area contributed by atoms with Crippen molar-refractivity contribution < 1.29 is 0 Å². The molecule has 0 saturated heterocycles. The van der Waals surface area contributed by atoms with Gasteiger partial charge >= 0.3 is 0 Å². The number of hydrogen-bond acceptors (Lipinski definition) is 3. The first kappa shape index (κ1) is 21.0. The van der Waals surface area contributed by atoms with Gasteiger partial charge in [-0.2, -0.15) is 0 Å². The average Bonchev–Trinajstić information content (AvgIpc) is 2.86. The third-order valence-corrected chi connectivity index (χ3v) is 5.90. The topological polar surface area (TPSA) is 46.9 Å². The zero-order valence-electron chi connectivity index (χ0n) is 17.9. The fraction of sp³-hybridized carbons (Fsp3) is 0.0714. The van der Waals surface area contributed by atoms with Crippen LogP contribution in [0, 0.1) is 0 Å².